The van der Waals surface area contributed by atoms with Gasteiger partial charge in [0.15, 0.2) is 0 Å². The Kier molecular flexibility index (Phi) is 6.01. The van der Waals surface area contributed by atoms with Gasteiger partial charge in [0.25, 0.3) is 10.2 Å². The molecule has 0 spiro atoms. The molecule has 150 valence electrons. The molecule has 2 aromatic heterocycles. The van der Waals surface area contributed by atoms with Gasteiger partial charge in [0.1, 0.15) is 6.33 Å². The van der Waals surface area contributed by atoms with Crippen molar-refractivity contribution in [3.63, 3.8) is 0 Å². The molecule has 0 aliphatic carbocycles. The van der Waals surface area contributed by atoms with Crippen LogP contribution in [-0.2, 0) is 16.6 Å². The van der Waals surface area contributed by atoms with Crippen molar-refractivity contribution in [2.24, 2.45) is 5.92 Å². The second-order valence-electron chi connectivity index (χ2n) is 7.00. The number of rotatable bonds is 6. The van der Waals surface area contributed by atoms with Crippen LogP contribution >= 0.6 is 0 Å². The lowest BCUT2D eigenvalue weighted by atomic mass is 9.93. The maximum Gasteiger partial charge on any atom is 0.337 e. The first-order valence-corrected chi connectivity index (χ1v) is 10.3. The largest absolute Gasteiger partial charge is 0.478 e. The zero-order chi connectivity index (χ0) is 20.3. The quantitative estimate of drug-likeness (QED) is 0.770. The highest BCUT2D eigenvalue weighted by Crippen LogP contribution is 2.25. The van der Waals surface area contributed by atoms with E-state index < -0.39 is 16.2 Å². The van der Waals surface area contributed by atoms with Gasteiger partial charge in [0.2, 0.25) is 0 Å². The molecule has 2 aromatic rings. The van der Waals surface area contributed by atoms with Crippen molar-refractivity contribution in [3.8, 4) is 11.3 Å². The van der Waals surface area contributed by atoms with E-state index in [1.807, 2.05) is 6.07 Å². The van der Waals surface area contributed by atoms with E-state index >= 15 is 0 Å². The highest BCUT2D eigenvalue weighted by atomic mass is 32.2. The minimum atomic E-state index is -3.36. The smallest absolute Gasteiger partial charge is 0.337 e. The van der Waals surface area contributed by atoms with Gasteiger partial charge in [-0.1, -0.05) is 0 Å². The van der Waals surface area contributed by atoms with Crippen molar-refractivity contribution in [1.82, 2.24) is 23.6 Å². The lowest BCUT2D eigenvalue weighted by molar-refractivity contribution is 0.0696. The third-order valence-corrected chi connectivity index (χ3v) is 6.80. The number of carboxylic acid groups (broad SMARTS) is 1. The molecule has 1 fully saturated rings. The Labute approximate surface area is 164 Å². The number of carboxylic acids is 1. The highest BCUT2D eigenvalue weighted by molar-refractivity contribution is 7.86. The number of pyridine rings is 1. The van der Waals surface area contributed by atoms with Crippen LogP contribution in [0.4, 0.5) is 0 Å². The van der Waals surface area contributed by atoms with E-state index in [-0.39, 0.29) is 5.56 Å². The Bertz CT molecular complexity index is 956. The molecule has 9 nitrogen and oxygen atoms in total. The van der Waals surface area contributed by atoms with Crippen molar-refractivity contribution >= 4 is 16.2 Å². The maximum absolute atomic E-state index is 12.2. The molecule has 1 N–H and O–H groups in total. The van der Waals surface area contributed by atoms with Crippen molar-refractivity contribution < 1.29 is 18.3 Å². The number of hydrogen-bond donors (Lipinski definition) is 1. The second-order valence-corrected chi connectivity index (χ2v) is 9.14. The van der Waals surface area contributed by atoms with Gasteiger partial charge in [-0.2, -0.15) is 17.0 Å². The van der Waals surface area contributed by atoms with Crippen molar-refractivity contribution in [1.29, 1.82) is 0 Å². The number of nitrogens with zero attached hydrogens (tertiary/aromatic N) is 5. The average Bonchev–Trinajstić information content (AvgIpc) is 2.68. The van der Waals surface area contributed by atoms with Crippen LogP contribution in [0.2, 0.25) is 0 Å². The molecule has 0 saturated carbocycles. The first kappa shape index (κ1) is 20.3. The van der Waals surface area contributed by atoms with Crippen LogP contribution in [-0.4, -0.2) is 70.2 Å². The van der Waals surface area contributed by atoms with Crippen LogP contribution in [0.5, 0.6) is 0 Å². The number of aromatic nitrogens is 3. The van der Waals surface area contributed by atoms with Gasteiger partial charge in [-0.25, -0.2) is 14.8 Å². The summed E-state index contributed by atoms with van der Waals surface area (Å²) in [5.74, 6) is -0.706. The van der Waals surface area contributed by atoms with Gasteiger partial charge < -0.3 is 5.11 Å². The maximum atomic E-state index is 12.2. The van der Waals surface area contributed by atoms with E-state index in [9.17, 15) is 13.2 Å². The molecule has 0 amide bonds. The Balaban J connectivity index is 1.68. The fraction of sp³-hybridized carbons (Fsp3) is 0.444. The molecule has 0 atom stereocenters. The van der Waals surface area contributed by atoms with Crippen LogP contribution < -0.4 is 0 Å². The third-order valence-electron chi connectivity index (χ3n) is 4.86. The zero-order valence-electron chi connectivity index (χ0n) is 15.8. The molecule has 3 heterocycles. The van der Waals surface area contributed by atoms with E-state index in [1.54, 1.807) is 6.20 Å². The second kappa shape index (κ2) is 8.29. The fourth-order valence-electron chi connectivity index (χ4n) is 3.23. The van der Waals surface area contributed by atoms with E-state index in [1.165, 1.54) is 41.3 Å². The Hall–Kier alpha value is -2.43. The molecule has 28 heavy (non-hydrogen) atoms. The summed E-state index contributed by atoms with van der Waals surface area (Å²) in [6.07, 6.45) is 6.58. The molecule has 0 radical (unpaired) electrons. The fourth-order valence-corrected chi connectivity index (χ4v) is 4.37. The molecular weight excluding hydrogens is 382 g/mol. The van der Waals surface area contributed by atoms with Crippen molar-refractivity contribution in [2.75, 3.05) is 27.2 Å². The Morgan fingerprint density at radius 1 is 1.21 bits per heavy atom. The molecule has 1 aliphatic heterocycles. The van der Waals surface area contributed by atoms with Crippen LogP contribution in [0.25, 0.3) is 11.3 Å². The Morgan fingerprint density at radius 3 is 2.57 bits per heavy atom. The van der Waals surface area contributed by atoms with E-state index in [4.69, 9.17) is 5.11 Å². The SMILES string of the molecule is CN(C)S(=O)(=O)N1CCC(Cc2cc(-c3cncc(C(=O)O)c3)ncn2)CC1. The van der Waals surface area contributed by atoms with E-state index in [2.05, 4.69) is 15.0 Å². The van der Waals surface area contributed by atoms with Gasteiger partial charge in [0, 0.05) is 50.8 Å². The van der Waals surface area contributed by atoms with Crippen molar-refractivity contribution in [2.45, 2.75) is 19.3 Å². The van der Waals surface area contributed by atoms with E-state index in [0.29, 0.717) is 30.3 Å². The minimum Gasteiger partial charge on any atom is -0.478 e. The summed E-state index contributed by atoms with van der Waals surface area (Å²) >= 11 is 0. The summed E-state index contributed by atoms with van der Waals surface area (Å²) in [5, 5.41) is 9.12. The molecule has 0 aromatic carbocycles. The molecular formula is C18H23N5O4S. The predicted octanol–water partition coefficient (Wildman–Crippen LogP) is 1.30. The number of carbonyl (C=O) groups is 1. The standard InChI is InChI=1S/C18H23N5O4S/c1-22(2)28(26,27)23-5-3-13(4-6-23)7-16-9-17(21-12-20-16)14-8-15(18(24)25)11-19-10-14/h8-13H,3-7H2,1-2H3,(H,24,25). The molecule has 10 heteroatoms. The average molecular weight is 405 g/mol. The first-order valence-electron chi connectivity index (χ1n) is 8.94. The van der Waals surface area contributed by atoms with Crippen LogP contribution in [0.15, 0.2) is 30.9 Å². The van der Waals surface area contributed by atoms with Crippen LogP contribution in [0.1, 0.15) is 28.9 Å². The van der Waals surface area contributed by atoms with Gasteiger partial charge >= 0.3 is 5.97 Å². The summed E-state index contributed by atoms with van der Waals surface area (Å²) in [7, 11) is -0.285. The third kappa shape index (κ3) is 4.51. The van der Waals surface area contributed by atoms with Crippen molar-refractivity contribution in [3.05, 3.63) is 42.1 Å². The summed E-state index contributed by atoms with van der Waals surface area (Å²) in [6.45, 7) is 0.987. The van der Waals surface area contributed by atoms with Gasteiger partial charge in [-0.05, 0) is 37.3 Å². The molecule has 3 rings (SSSR count). The lowest BCUT2D eigenvalue weighted by Crippen LogP contribution is -2.44. The van der Waals surface area contributed by atoms with Gasteiger partial charge in [-0.3, -0.25) is 4.98 Å². The predicted molar refractivity (Wildman–Crippen MR) is 103 cm³/mol. The topological polar surface area (TPSA) is 117 Å². The normalized spacial score (nSPS) is 16.4. The van der Waals surface area contributed by atoms with E-state index in [0.717, 1.165) is 25.0 Å². The number of hydrogen-bond acceptors (Lipinski definition) is 6. The monoisotopic (exact) mass is 405 g/mol. The first-order chi connectivity index (χ1) is 13.3. The minimum absolute atomic E-state index is 0.104. The molecule has 0 bridgehead atoms. The highest BCUT2D eigenvalue weighted by Gasteiger charge is 2.29. The summed E-state index contributed by atoms with van der Waals surface area (Å²) in [6, 6.07) is 3.37. The van der Waals surface area contributed by atoms with Crippen LogP contribution in [0.3, 0.4) is 0 Å². The summed E-state index contributed by atoms with van der Waals surface area (Å²) in [4.78, 5) is 23.7. The number of aromatic carboxylic acids is 1. The molecule has 1 saturated heterocycles. The zero-order valence-corrected chi connectivity index (χ0v) is 16.6. The molecule has 1 aliphatic rings. The Morgan fingerprint density at radius 2 is 1.93 bits per heavy atom. The summed E-state index contributed by atoms with van der Waals surface area (Å²) in [5.41, 5.74) is 2.19. The molecule has 0 unspecified atom stereocenters. The lowest BCUT2D eigenvalue weighted by Gasteiger charge is -2.32. The van der Waals surface area contributed by atoms with Gasteiger partial charge in [0.05, 0.1) is 11.3 Å². The van der Waals surface area contributed by atoms with Crippen LogP contribution in [0, 0.1) is 5.92 Å². The summed E-state index contributed by atoms with van der Waals surface area (Å²) < 4.78 is 27.2. The van der Waals surface area contributed by atoms with Gasteiger partial charge in [-0.15, -0.1) is 0 Å². The number of piperidine rings is 1.